The molecule has 7 nitrogen and oxygen atoms in total. The maximum Gasteiger partial charge on any atom is 0.272 e. The molecule has 1 N–H and O–H groups in total. The summed E-state index contributed by atoms with van der Waals surface area (Å²) in [4.78, 5) is 13.1. The number of carbonyl (C=O) groups is 1. The van der Waals surface area contributed by atoms with E-state index in [1.54, 1.807) is 48.1 Å². The van der Waals surface area contributed by atoms with Crippen LogP contribution in [-0.2, 0) is 36.6 Å². The highest BCUT2D eigenvalue weighted by atomic mass is 35.5. The zero-order chi connectivity index (χ0) is 22.2. The van der Waals surface area contributed by atoms with Crippen molar-refractivity contribution in [2.75, 3.05) is 6.54 Å². The van der Waals surface area contributed by atoms with Crippen molar-refractivity contribution in [2.24, 2.45) is 7.05 Å². The Kier molecular flexibility index (Phi) is 5.88. The molecule has 31 heavy (non-hydrogen) atoms. The molecule has 0 unspecified atom stereocenters. The molecular weight excluding hydrogens is 436 g/mol. The molecule has 0 spiro atoms. The number of sulfonamides is 1. The van der Waals surface area contributed by atoms with Crippen molar-refractivity contribution in [3.63, 3.8) is 0 Å². The van der Waals surface area contributed by atoms with Gasteiger partial charge < -0.3 is 5.32 Å². The molecule has 0 bridgehead atoms. The number of halogens is 1. The van der Waals surface area contributed by atoms with E-state index in [1.807, 2.05) is 19.1 Å². The summed E-state index contributed by atoms with van der Waals surface area (Å²) in [6, 6.07) is 14.0. The fraction of sp³-hybridized carbons (Fsp3) is 0.273. The molecule has 1 aliphatic heterocycles. The smallest absolute Gasteiger partial charge is 0.272 e. The topological polar surface area (TPSA) is 84.3 Å². The minimum atomic E-state index is -3.66. The summed E-state index contributed by atoms with van der Waals surface area (Å²) in [5.74, 6) is -0.332. The van der Waals surface area contributed by atoms with E-state index in [4.69, 9.17) is 11.6 Å². The van der Waals surface area contributed by atoms with Gasteiger partial charge in [-0.25, -0.2) is 8.42 Å². The van der Waals surface area contributed by atoms with Gasteiger partial charge in [0, 0.05) is 49.4 Å². The zero-order valence-corrected chi connectivity index (χ0v) is 18.9. The standard InChI is InChI=1S/C22H23ClN4O3S/c1-15-3-9-18(10-4-15)31(29,30)27-12-11-20-19(14-27)21(25-26(20)2)22(28)24-13-16-5-7-17(23)8-6-16/h3-10H,11-14H2,1-2H3,(H,24,28). The van der Waals surface area contributed by atoms with Crippen molar-refractivity contribution in [3.05, 3.63) is 81.6 Å². The van der Waals surface area contributed by atoms with Crippen LogP contribution in [0.25, 0.3) is 0 Å². The van der Waals surface area contributed by atoms with Crippen molar-refractivity contribution >= 4 is 27.5 Å². The van der Waals surface area contributed by atoms with E-state index in [9.17, 15) is 13.2 Å². The third-order valence-corrected chi connectivity index (χ3v) is 7.56. The van der Waals surface area contributed by atoms with E-state index in [2.05, 4.69) is 10.4 Å². The van der Waals surface area contributed by atoms with Gasteiger partial charge in [0.15, 0.2) is 5.69 Å². The number of hydrogen-bond donors (Lipinski definition) is 1. The number of aromatic nitrogens is 2. The highest BCUT2D eigenvalue weighted by Gasteiger charge is 2.33. The maximum absolute atomic E-state index is 13.1. The fourth-order valence-electron chi connectivity index (χ4n) is 3.68. The lowest BCUT2D eigenvalue weighted by Crippen LogP contribution is -2.37. The van der Waals surface area contributed by atoms with Gasteiger partial charge in [-0.1, -0.05) is 41.4 Å². The van der Waals surface area contributed by atoms with Gasteiger partial charge in [0.05, 0.1) is 4.90 Å². The monoisotopic (exact) mass is 458 g/mol. The van der Waals surface area contributed by atoms with Gasteiger partial charge >= 0.3 is 0 Å². The molecule has 0 saturated heterocycles. The van der Waals surface area contributed by atoms with Crippen LogP contribution < -0.4 is 5.32 Å². The van der Waals surface area contributed by atoms with E-state index in [0.717, 1.165) is 16.8 Å². The number of nitrogens with zero attached hydrogens (tertiary/aromatic N) is 3. The Hall–Kier alpha value is -2.68. The summed E-state index contributed by atoms with van der Waals surface area (Å²) in [5, 5.41) is 7.87. The summed E-state index contributed by atoms with van der Waals surface area (Å²) < 4.78 is 29.3. The lowest BCUT2D eigenvalue weighted by Gasteiger charge is -2.27. The van der Waals surface area contributed by atoms with E-state index >= 15 is 0 Å². The second-order valence-corrected chi connectivity index (χ2v) is 9.98. The fourth-order valence-corrected chi connectivity index (χ4v) is 5.22. The van der Waals surface area contributed by atoms with Gasteiger partial charge in [0.2, 0.25) is 10.0 Å². The average molecular weight is 459 g/mol. The first-order valence-corrected chi connectivity index (χ1v) is 11.7. The summed E-state index contributed by atoms with van der Waals surface area (Å²) >= 11 is 5.90. The molecule has 1 amide bonds. The first-order chi connectivity index (χ1) is 14.8. The lowest BCUT2D eigenvalue weighted by molar-refractivity contribution is 0.0943. The molecule has 162 valence electrons. The van der Waals surface area contributed by atoms with Crippen LogP contribution in [0.4, 0.5) is 0 Å². The van der Waals surface area contributed by atoms with Crippen LogP contribution in [0.2, 0.25) is 5.02 Å². The van der Waals surface area contributed by atoms with E-state index in [0.29, 0.717) is 30.1 Å². The Bertz CT molecular complexity index is 1220. The average Bonchev–Trinajstić information content (AvgIpc) is 3.09. The molecular formula is C22H23ClN4O3S. The molecule has 0 saturated carbocycles. The van der Waals surface area contributed by atoms with Crippen LogP contribution in [-0.4, -0.2) is 35.0 Å². The molecule has 3 aromatic rings. The minimum Gasteiger partial charge on any atom is -0.347 e. The Morgan fingerprint density at radius 3 is 2.48 bits per heavy atom. The number of rotatable bonds is 5. The molecule has 2 aromatic carbocycles. The van der Waals surface area contributed by atoms with Crippen molar-refractivity contribution < 1.29 is 13.2 Å². The quantitative estimate of drug-likeness (QED) is 0.636. The Morgan fingerprint density at radius 2 is 1.81 bits per heavy atom. The number of amides is 1. The molecule has 1 aromatic heterocycles. The maximum atomic E-state index is 13.1. The first-order valence-electron chi connectivity index (χ1n) is 9.90. The van der Waals surface area contributed by atoms with Gasteiger partial charge in [-0.3, -0.25) is 9.48 Å². The van der Waals surface area contributed by atoms with Crippen molar-refractivity contribution in [2.45, 2.75) is 31.3 Å². The predicted octanol–water partition coefficient (Wildman–Crippen LogP) is 3.06. The summed E-state index contributed by atoms with van der Waals surface area (Å²) in [7, 11) is -1.89. The van der Waals surface area contributed by atoms with Crippen molar-refractivity contribution in [3.8, 4) is 0 Å². The Balaban J connectivity index is 1.55. The summed E-state index contributed by atoms with van der Waals surface area (Å²) in [5.41, 5.74) is 3.69. The van der Waals surface area contributed by atoms with Crippen LogP contribution in [0, 0.1) is 6.92 Å². The number of benzene rings is 2. The van der Waals surface area contributed by atoms with Gasteiger partial charge in [0.25, 0.3) is 5.91 Å². The summed E-state index contributed by atoms with van der Waals surface area (Å²) in [6.07, 6.45) is 0.494. The van der Waals surface area contributed by atoms with Gasteiger partial charge in [-0.05, 0) is 36.8 Å². The van der Waals surface area contributed by atoms with Gasteiger partial charge in [-0.15, -0.1) is 0 Å². The Labute approximate surface area is 186 Å². The number of fused-ring (bicyclic) bond motifs is 1. The Morgan fingerprint density at radius 1 is 1.13 bits per heavy atom. The van der Waals surface area contributed by atoms with Crippen LogP contribution in [0.1, 0.15) is 32.9 Å². The number of hydrogen-bond acceptors (Lipinski definition) is 4. The number of carbonyl (C=O) groups excluding carboxylic acids is 1. The molecule has 0 radical (unpaired) electrons. The highest BCUT2D eigenvalue weighted by Crippen LogP contribution is 2.27. The molecule has 2 heterocycles. The van der Waals surface area contributed by atoms with Crippen LogP contribution in [0.15, 0.2) is 53.4 Å². The molecule has 0 aliphatic carbocycles. The minimum absolute atomic E-state index is 0.114. The highest BCUT2D eigenvalue weighted by molar-refractivity contribution is 7.89. The van der Waals surface area contributed by atoms with Crippen LogP contribution in [0.5, 0.6) is 0 Å². The predicted molar refractivity (Wildman–Crippen MR) is 118 cm³/mol. The van der Waals surface area contributed by atoms with Crippen molar-refractivity contribution in [1.29, 1.82) is 0 Å². The molecule has 4 rings (SSSR count). The molecule has 9 heteroatoms. The zero-order valence-electron chi connectivity index (χ0n) is 17.3. The third kappa shape index (κ3) is 4.37. The largest absolute Gasteiger partial charge is 0.347 e. The molecule has 0 atom stereocenters. The van der Waals surface area contributed by atoms with Crippen LogP contribution >= 0.6 is 11.6 Å². The number of nitrogens with one attached hydrogen (secondary N) is 1. The number of aryl methyl sites for hydroxylation is 2. The van der Waals surface area contributed by atoms with Crippen molar-refractivity contribution in [1.82, 2.24) is 19.4 Å². The van der Waals surface area contributed by atoms with Crippen LogP contribution in [0.3, 0.4) is 0 Å². The van der Waals surface area contributed by atoms with E-state index < -0.39 is 10.0 Å². The lowest BCUT2D eigenvalue weighted by atomic mass is 10.1. The van der Waals surface area contributed by atoms with E-state index in [-0.39, 0.29) is 23.0 Å². The molecule has 1 aliphatic rings. The third-order valence-electron chi connectivity index (χ3n) is 5.45. The van der Waals surface area contributed by atoms with E-state index in [1.165, 1.54) is 4.31 Å². The molecule has 0 fully saturated rings. The normalized spacial score (nSPS) is 14.3. The first kappa shape index (κ1) is 21.5. The SMILES string of the molecule is Cc1ccc(S(=O)(=O)N2CCc3c(c(C(=O)NCc4ccc(Cl)cc4)nn3C)C2)cc1. The summed E-state index contributed by atoms with van der Waals surface area (Å²) in [6.45, 7) is 2.69. The second-order valence-electron chi connectivity index (χ2n) is 7.61. The van der Waals surface area contributed by atoms with Gasteiger partial charge in [0.1, 0.15) is 0 Å². The van der Waals surface area contributed by atoms with Gasteiger partial charge in [-0.2, -0.15) is 9.40 Å². The second kappa shape index (κ2) is 8.45.